The summed E-state index contributed by atoms with van der Waals surface area (Å²) in [7, 11) is 0. The van der Waals surface area contributed by atoms with Gasteiger partial charge in [-0.15, -0.1) is 0 Å². The van der Waals surface area contributed by atoms with Crippen LogP contribution in [0.5, 0.6) is 11.5 Å². The minimum absolute atomic E-state index is 0.00607. The van der Waals surface area contributed by atoms with Crippen molar-refractivity contribution in [1.82, 2.24) is 5.32 Å². The lowest BCUT2D eigenvalue weighted by Gasteiger charge is -2.14. The van der Waals surface area contributed by atoms with Crippen LogP contribution in [-0.4, -0.2) is 12.4 Å². The number of ether oxygens (including phenoxy) is 3. The van der Waals surface area contributed by atoms with E-state index in [2.05, 4.69) is 5.32 Å². The number of rotatable bonds is 12. The number of hydrogen-bond acceptors (Lipinski definition) is 5. The molecule has 0 saturated heterocycles. The normalized spacial score (nSPS) is 10.9. The molecule has 4 aromatic carbocycles. The standard InChI is InChI=1S/C31H27NO5/c33-23-32-29(31(34)37-22-26-14-8-3-9-15-26)18-27-16-17-28(35-20-24-10-4-1-5-11-24)19-30(27)36-21-25-12-6-2-7-13-25/h1-19,23H,20-22H2,(H,32,33)/b29-18+. The number of amides is 1. The summed E-state index contributed by atoms with van der Waals surface area (Å²) in [6.45, 7) is 0.803. The van der Waals surface area contributed by atoms with Crippen molar-refractivity contribution in [2.24, 2.45) is 0 Å². The van der Waals surface area contributed by atoms with Crippen molar-refractivity contribution in [2.75, 3.05) is 0 Å². The third-order valence-electron chi connectivity index (χ3n) is 5.42. The Morgan fingerprint density at radius 2 is 1.22 bits per heavy atom. The number of esters is 1. The molecule has 0 spiro atoms. The highest BCUT2D eigenvalue weighted by Crippen LogP contribution is 2.28. The smallest absolute Gasteiger partial charge is 0.355 e. The van der Waals surface area contributed by atoms with Crippen molar-refractivity contribution in [3.05, 3.63) is 137 Å². The summed E-state index contributed by atoms with van der Waals surface area (Å²) in [5.74, 6) is 0.449. The van der Waals surface area contributed by atoms with Crippen molar-refractivity contribution in [1.29, 1.82) is 0 Å². The molecule has 4 rings (SSSR count). The maximum atomic E-state index is 12.8. The van der Waals surface area contributed by atoms with Crippen molar-refractivity contribution in [3.8, 4) is 11.5 Å². The van der Waals surface area contributed by atoms with Gasteiger partial charge in [0.1, 0.15) is 37.0 Å². The summed E-state index contributed by atoms with van der Waals surface area (Å²) >= 11 is 0. The Kier molecular flexibility index (Phi) is 9.08. The molecule has 4 aromatic rings. The maximum Gasteiger partial charge on any atom is 0.355 e. The predicted molar refractivity (Wildman–Crippen MR) is 141 cm³/mol. The van der Waals surface area contributed by atoms with Gasteiger partial charge in [-0.05, 0) is 34.9 Å². The van der Waals surface area contributed by atoms with Gasteiger partial charge in [-0.1, -0.05) is 91.0 Å². The predicted octanol–water partition coefficient (Wildman–Crippen LogP) is 5.67. The Morgan fingerprint density at radius 1 is 0.676 bits per heavy atom. The van der Waals surface area contributed by atoms with E-state index in [-0.39, 0.29) is 12.3 Å². The van der Waals surface area contributed by atoms with E-state index in [4.69, 9.17) is 14.2 Å². The molecule has 37 heavy (non-hydrogen) atoms. The Balaban J connectivity index is 1.55. The number of nitrogens with one attached hydrogen (secondary N) is 1. The van der Waals surface area contributed by atoms with Crippen LogP contribution in [0.15, 0.2) is 115 Å². The van der Waals surface area contributed by atoms with Crippen molar-refractivity contribution < 1.29 is 23.8 Å². The molecule has 1 N–H and O–H groups in total. The molecule has 0 radical (unpaired) electrons. The average molecular weight is 494 g/mol. The topological polar surface area (TPSA) is 73.9 Å². The Morgan fingerprint density at radius 3 is 1.78 bits per heavy atom. The van der Waals surface area contributed by atoms with Crippen LogP contribution in [0, 0.1) is 0 Å². The van der Waals surface area contributed by atoms with Crippen LogP contribution in [-0.2, 0) is 34.1 Å². The molecule has 0 fully saturated rings. The van der Waals surface area contributed by atoms with Gasteiger partial charge in [-0.25, -0.2) is 4.79 Å². The summed E-state index contributed by atoms with van der Waals surface area (Å²) in [5, 5.41) is 2.45. The first kappa shape index (κ1) is 25.3. The largest absolute Gasteiger partial charge is 0.489 e. The zero-order valence-electron chi connectivity index (χ0n) is 20.2. The van der Waals surface area contributed by atoms with E-state index in [9.17, 15) is 9.59 Å². The summed E-state index contributed by atoms with van der Waals surface area (Å²) in [4.78, 5) is 24.0. The lowest BCUT2D eigenvalue weighted by atomic mass is 10.1. The second-order valence-corrected chi connectivity index (χ2v) is 8.13. The van der Waals surface area contributed by atoms with Crippen LogP contribution >= 0.6 is 0 Å². The van der Waals surface area contributed by atoms with Gasteiger partial charge in [0, 0.05) is 11.6 Å². The van der Waals surface area contributed by atoms with E-state index in [1.54, 1.807) is 18.2 Å². The highest BCUT2D eigenvalue weighted by molar-refractivity contribution is 5.95. The molecular formula is C31H27NO5. The molecule has 0 bridgehead atoms. The Bertz CT molecular complexity index is 1320. The molecular weight excluding hydrogens is 466 g/mol. The zero-order valence-corrected chi connectivity index (χ0v) is 20.2. The summed E-state index contributed by atoms with van der Waals surface area (Å²) < 4.78 is 17.5. The molecule has 0 aromatic heterocycles. The highest BCUT2D eigenvalue weighted by atomic mass is 16.5. The van der Waals surface area contributed by atoms with Crippen LogP contribution in [0.3, 0.4) is 0 Å². The summed E-state index contributed by atoms with van der Waals surface area (Å²) in [6.07, 6.45) is 1.97. The Hall–Kier alpha value is -4.84. The van der Waals surface area contributed by atoms with Crippen LogP contribution in [0.2, 0.25) is 0 Å². The second kappa shape index (κ2) is 13.3. The maximum absolute atomic E-state index is 12.8. The fourth-order valence-corrected chi connectivity index (χ4v) is 3.50. The molecule has 6 nitrogen and oxygen atoms in total. The van der Waals surface area contributed by atoms with Gasteiger partial charge in [0.05, 0.1) is 0 Å². The fraction of sp³-hybridized carbons (Fsp3) is 0.0968. The second-order valence-electron chi connectivity index (χ2n) is 8.13. The van der Waals surface area contributed by atoms with Crippen molar-refractivity contribution in [2.45, 2.75) is 19.8 Å². The zero-order chi connectivity index (χ0) is 25.7. The van der Waals surface area contributed by atoms with E-state index in [1.165, 1.54) is 6.08 Å². The molecule has 6 heteroatoms. The molecule has 0 heterocycles. The molecule has 186 valence electrons. The molecule has 1 amide bonds. The first-order valence-corrected chi connectivity index (χ1v) is 11.8. The van der Waals surface area contributed by atoms with Gasteiger partial charge in [0.25, 0.3) is 0 Å². The fourth-order valence-electron chi connectivity index (χ4n) is 3.50. The van der Waals surface area contributed by atoms with E-state index in [0.717, 1.165) is 16.7 Å². The first-order chi connectivity index (χ1) is 18.2. The minimum atomic E-state index is -0.658. The van der Waals surface area contributed by atoms with E-state index in [1.807, 2.05) is 91.0 Å². The SMILES string of the molecule is O=CN/C(=C/c1ccc(OCc2ccccc2)cc1OCc1ccccc1)C(=O)OCc1ccccc1. The van der Waals surface area contributed by atoms with Crippen molar-refractivity contribution in [3.63, 3.8) is 0 Å². The number of benzene rings is 4. The number of hydrogen-bond donors (Lipinski definition) is 1. The third-order valence-corrected chi connectivity index (χ3v) is 5.42. The van der Waals surface area contributed by atoms with Crippen LogP contribution in [0.4, 0.5) is 0 Å². The molecule has 0 aliphatic carbocycles. The summed E-state index contributed by atoms with van der Waals surface area (Å²) in [5.41, 5.74) is 3.45. The molecule has 0 unspecified atom stereocenters. The number of carbonyl (C=O) groups excluding carboxylic acids is 2. The molecule has 0 aliphatic heterocycles. The first-order valence-electron chi connectivity index (χ1n) is 11.8. The highest BCUT2D eigenvalue weighted by Gasteiger charge is 2.14. The van der Waals surface area contributed by atoms with Gasteiger partial charge in [-0.2, -0.15) is 0 Å². The van der Waals surface area contributed by atoms with Gasteiger partial charge in [0.15, 0.2) is 0 Å². The van der Waals surface area contributed by atoms with Crippen LogP contribution < -0.4 is 14.8 Å². The Labute approximate surface area is 216 Å². The van der Waals surface area contributed by atoms with Crippen molar-refractivity contribution >= 4 is 18.5 Å². The van der Waals surface area contributed by atoms with E-state index >= 15 is 0 Å². The molecule has 0 saturated carbocycles. The van der Waals surface area contributed by atoms with Crippen LogP contribution in [0.1, 0.15) is 22.3 Å². The third kappa shape index (κ3) is 7.83. The monoisotopic (exact) mass is 493 g/mol. The minimum Gasteiger partial charge on any atom is -0.489 e. The number of carbonyl (C=O) groups is 2. The van der Waals surface area contributed by atoms with E-state index < -0.39 is 5.97 Å². The lowest BCUT2D eigenvalue weighted by Crippen LogP contribution is -2.21. The van der Waals surface area contributed by atoms with Crippen LogP contribution in [0.25, 0.3) is 6.08 Å². The molecule has 0 aliphatic rings. The van der Waals surface area contributed by atoms with Gasteiger partial charge in [0.2, 0.25) is 6.41 Å². The van der Waals surface area contributed by atoms with Gasteiger partial charge < -0.3 is 19.5 Å². The summed E-state index contributed by atoms with van der Waals surface area (Å²) in [6, 6.07) is 34.2. The lowest BCUT2D eigenvalue weighted by molar-refractivity contribution is -0.141. The molecule has 0 atom stereocenters. The van der Waals surface area contributed by atoms with E-state index in [0.29, 0.717) is 36.7 Å². The van der Waals surface area contributed by atoms with Gasteiger partial charge in [-0.3, -0.25) is 4.79 Å². The quantitative estimate of drug-likeness (QED) is 0.156. The average Bonchev–Trinajstić information content (AvgIpc) is 2.96. The van der Waals surface area contributed by atoms with Gasteiger partial charge >= 0.3 is 5.97 Å².